The van der Waals surface area contributed by atoms with Crippen LogP contribution >= 0.6 is 0 Å². The maximum absolute atomic E-state index is 14.0. The van der Waals surface area contributed by atoms with Crippen LogP contribution in [0.15, 0.2) is 42.5 Å². The molecule has 0 saturated heterocycles. The third-order valence-corrected chi connectivity index (χ3v) is 3.76. The summed E-state index contributed by atoms with van der Waals surface area (Å²) in [5, 5.41) is 26.6. The van der Waals surface area contributed by atoms with Crippen molar-refractivity contribution in [2.45, 2.75) is 0 Å². The van der Waals surface area contributed by atoms with Crippen molar-refractivity contribution in [3.8, 4) is 41.2 Å². The molecular formula is C21H7F4N3O2. The standard InChI is InChI=1S/C21H7F4N3O2/c22-17-16(10-28)18(23)20(25)21(19(17)24)30-14-3-1-2-13(7-14)29-15-5-11(8-26)4-12(6-15)9-27/h1-7H. The van der Waals surface area contributed by atoms with E-state index in [1.807, 2.05) is 12.1 Å². The molecule has 0 radical (unpaired) electrons. The van der Waals surface area contributed by atoms with Crippen LogP contribution in [0, 0.1) is 57.3 Å². The Morgan fingerprint density at radius 2 is 1.13 bits per heavy atom. The number of hydrogen-bond acceptors (Lipinski definition) is 5. The van der Waals surface area contributed by atoms with Gasteiger partial charge in [0, 0.05) is 6.07 Å². The Hall–Kier alpha value is -4.55. The van der Waals surface area contributed by atoms with E-state index in [-0.39, 0.29) is 28.4 Å². The largest absolute Gasteiger partial charge is 0.457 e. The number of nitriles is 3. The van der Waals surface area contributed by atoms with Crippen LogP contribution in [0.3, 0.4) is 0 Å². The third-order valence-electron chi connectivity index (χ3n) is 3.76. The van der Waals surface area contributed by atoms with Gasteiger partial charge in [-0.05, 0) is 30.3 Å². The van der Waals surface area contributed by atoms with E-state index in [0.717, 1.165) is 12.1 Å². The fourth-order valence-corrected chi connectivity index (χ4v) is 2.44. The van der Waals surface area contributed by atoms with Crippen molar-refractivity contribution in [3.05, 3.63) is 82.4 Å². The Labute approximate surface area is 167 Å². The SMILES string of the molecule is N#Cc1cc(C#N)cc(Oc2cccc(Oc3c(F)c(F)c(C#N)c(F)c3F)c2)c1. The molecule has 0 unspecified atom stereocenters. The average Bonchev–Trinajstić information content (AvgIpc) is 2.75. The van der Waals surface area contributed by atoms with Gasteiger partial charge in [0.1, 0.15) is 28.9 Å². The Balaban J connectivity index is 1.94. The number of ether oxygens (including phenoxy) is 2. The fourth-order valence-electron chi connectivity index (χ4n) is 2.44. The van der Waals surface area contributed by atoms with Crippen LogP contribution < -0.4 is 9.47 Å². The highest BCUT2D eigenvalue weighted by molar-refractivity contribution is 5.48. The molecule has 3 aromatic rings. The van der Waals surface area contributed by atoms with Gasteiger partial charge in [-0.3, -0.25) is 0 Å². The first-order chi connectivity index (χ1) is 14.4. The lowest BCUT2D eigenvalue weighted by molar-refractivity contribution is 0.363. The Morgan fingerprint density at radius 1 is 0.600 bits per heavy atom. The predicted octanol–water partition coefficient (Wildman–Crippen LogP) is 5.44. The van der Waals surface area contributed by atoms with Crippen molar-refractivity contribution in [1.29, 1.82) is 15.8 Å². The van der Waals surface area contributed by atoms with E-state index in [9.17, 15) is 17.6 Å². The van der Waals surface area contributed by atoms with E-state index >= 15 is 0 Å². The first kappa shape index (κ1) is 20.2. The van der Waals surface area contributed by atoms with Crippen LogP contribution in [0.2, 0.25) is 0 Å². The Kier molecular flexibility index (Phi) is 5.53. The number of benzene rings is 3. The molecule has 9 heteroatoms. The van der Waals surface area contributed by atoms with E-state index in [1.165, 1.54) is 36.4 Å². The maximum atomic E-state index is 14.0. The van der Waals surface area contributed by atoms with Crippen LogP contribution in [0.4, 0.5) is 17.6 Å². The first-order valence-corrected chi connectivity index (χ1v) is 8.05. The normalized spacial score (nSPS) is 9.90. The summed E-state index contributed by atoms with van der Waals surface area (Å²) in [4.78, 5) is 0. The summed E-state index contributed by atoms with van der Waals surface area (Å²) in [5.74, 6) is -8.86. The highest BCUT2D eigenvalue weighted by atomic mass is 19.2. The highest BCUT2D eigenvalue weighted by Crippen LogP contribution is 2.35. The van der Waals surface area contributed by atoms with Crippen LogP contribution in [0.1, 0.15) is 16.7 Å². The molecule has 0 atom stereocenters. The summed E-state index contributed by atoms with van der Waals surface area (Å²) in [5.41, 5.74) is -1.06. The third kappa shape index (κ3) is 3.84. The summed E-state index contributed by atoms with van der Waals surface area (Å²) in [6.07, 6.45) is 0. The molecular weight excluding hydrogens is 402 g/mol. The fraction of sp³-hybridized carbons (Fsp3) is 0. The second-order valence-electron chi connectivity index (χ2n) is 5.72. The summed E-state index contributed by atoms with van der Waals surface area (Å²) < 4.78 is 66.1. The number of nitrogens with zero attached hydrogens (tertiary/aromatic N) is 3. The summed E-state index contributed by atoms with van der Waals surface area (Å²) in [7, 11) is 0. The van der Waals surface area contributed by atoms with Gasteiger partial charge in [-0.1, -0.05) is 6.07 Å². The van der Waals surface area contributed by atoms with Crippen molar-refractivity contribution < 1.29 is 27.0 Å². The van der Waals surface area contributed by atoms with Crippen molar-refractivity contribution >= 4 is 0 Å². The lowest BCUT2D eigenvalue weighted by Gasteiger charge is -2.12. The number of halogens is 4. The molecule has 0 aromatic heterocycles. The molecule has 5 nitrogen and oxygen atoms in total. The molecule has 0 amide bonds. The summed E-state index contributed by atoms with van der Waals surface area (Å²) >= 11 is 0. The zero-order valence-corrected chi connectivity index (χ0v) is 14.7. The van der Waals surface area contributed by atoms with E-state index in [1.54, 1.807) is 0 Å². The zero-order valence-electron chi connectivity index (χ0n) is 14.7. The van der Waals surface area contributed by atoms with E-state index in [4.69, 9.17) is 25.3 Å². The van der Waals surface area contributed by atoms with Gasteiger partial charge in [-0.25, -0.2) is 8.78 Å². The maximum Gasteiger partial charge on any atom is 0.205 e. The number of rotatable bonds is 4. The van der Waals surface area contributed by atoms with Crippen LogP contribution in [-0.2, 0) is 0 Å². The minimum atomic E-state index is -1.88. The summed E-state index contributed by atoms with van der Waals surface area (Å²) in [6, 6.07) is 14.1. The van der Waals surface area contributed by atoms with Gasteiger partial charge in [0.2, 0.25) is 17.4 Å². The first-order valence-electron chi connectivity index (χ1n) is 8.05. The molecule has 0 saturated carbocycles. The van der Waals surface area contributed by atoms with Gasteiger partial charge in [0.05, 0.1) is 23.3 Å². The average molecular weight is 409 g/mol. The minimum absolute atomic E-state index is 0.0851. The van der Waals surface area contributed by atoms with Gasteiger partial charge in [-0.15, -0.1) is 0 Å². The summed E-state index contributed by atoms with van der Waals surface area (Å²) in [6.45, 7) is 0. The second kappa shape index (κ2) is 8.22. The Bertz CT molecular complexity index is 1230. The van der Waals surface area contributed by atoms with Gasteiger partial charge in [0.25, 0.3) is 0 Å². The molecule has 0 heterocycles. The van der Waals surface area contributed by atoms with Crippen molar-refractivity contribution in [1.82, 2.24) is 0 Å². The molecule has 0 bridgehead atoms. The molecule has 0 N–H and O–H groups in total. The highest BCUT2D eigenvalue weighted by Gasteiger charge is 2.27. The molecule has 0 aliphatic rings. The van der Waals surface area contributed by atoms with E-state index in [2.05, 4.69) is 0 Å². The lowest BCUT2D eigenvalue weighted by Crippen LogP contribution is -2.04. The van der Waals surface area contributed by atoms with Crippen molar-refractivity contribution in [2.24, 2.45) is 0 Å². The Morgan fingerprint density at radius 3 is 1.63 bits per heavy atom. The van der Waals surface area contributed by atoms with Crippen LogP contribution in [0.25, 0.3) is 0 Å². The van der Waals surface area contributed by atoms with Crippen molar-refractivity contribution in [2.75, 3.05) is 0 Å². The molecule has 3 aromatic carbocycles. The monoisotopic (exact) mass is 409 g/mol. The van der Waals surface area contributed by atoms with Gasteiger partial charge >= 0.3 is 0 Å². The van der Waals surface area contributed by atoms with E-state index < -0.39 is 34.6 Å². The molecule has 3 rings (SSSR count). The van der Waals surface area contributed by atoms with Gasteiger partial charge in [0.15, 0.2) is 11.6 Å². The van der Waals surface area contributed by atoms with E-state index in [0.29, 0.717) is 0 Å². The van der Waals surface area contributed by atoms with Crippen LogP contribution in [-0.4, -0.2) is 0 Å². The second-order valence-corrected chi connectivity index (χ2v) is 5.72. The van der Waals surface area contributed by atoms with Gasteiger partial charge < -0.3 is 9.47 Å². The molecule has 146 valence electrons. The molecule has 30 heavy (non-hydrogen) atoms. The molecule has 0 aliphatic carbocycles. The molecule has 0 fully saturated rings. The quantitative estimate of drug-likeness (QED) is 0.423. The van der Waals surface area contributed by atoms with Gasteiger partial charge in [-0.2, -0.15) is 24.6 Å². The van der Waals surface area contributed by atoms with Crippen molar-refractivity contribution in [3.63, 3.8) is 0 Å². The van der Waals surface area contributed by atoms with Crippen LogP contribution in [0.5, 0.6) is 23.0 Å². The predicted molar refractivity (Wildman–Crippen MR) is 93.5 cm³/mol. The molecule has 0 aliphatic heterocycles. The minimum Gasteiger partial charge on any atom is -0.457 e. The zero-order chi connectivity index (χ0) is 21.8. The number of hydrogen-bond donors (Lipinski definition) is 0. The molecule has 0 spiro atoms. The smallest absolute Gasteiger partial charge is 0.205 e. The topological polar surface area (TPSA) is 89.8 Å². The lowest BCUT2D eigenvalue weighted by atomic mass is 10.1.